The largest absolute Gasteiger partial charge is 0.581 e. The zero-order valence-electron chi connectivity index (χ0n) is 6.20. The van der Waals surface area contributed by atoms with Crippen molar-refractivity contribution >= 4 is 16.6 Å². The average Bonchev–Trinajstić information content (AvgIpc) is 2.45. The van der Waals surface area contributed by atoms with Gasteiger partial charge in [0, 0.05) is 16.6 Å². The van der Waals surface area contributed by atoms with Gasteiger partial charge in [-0.25, -0.2) is 0 Å². The number of nitrogens with two attached hydrogens (primary N) is 1. The third-order valence-corrected chi connectivity index (χ3v) is 1.83. The van der Waals surface area contributed by atoms with Crippen LogP contribution in [0.1, 0.15) is 5.56 Å². The molecule has 0 saturated carbocycles. The molecule has 1 heterocycles. The molecule has 0 aliphatic rings. The van der Waals surface area contributed by atoms with Gasteiger partial charge in [0.25, 0.3) is 0 Å². The van der Waals surface area contributed by atoms with Crippen LogP contribution in [-0.2, 0) is 0 Å². The van der Waals surface area contributed by atoms with Gasteiger partial charge in [0.2, 0.25) is 0 Å². The highest BCUT2D eigenvalue weighted by atomic mass is 15.1. The number of aryl methyl sites for hydroxylation is 1. The predicted molar refractivity (Wildman–Crippen MR) is 44.2 cm³/mol. The molecule has 2 rings (SSSR count). The van der Waals surface area contributed by atoms with Crippen LogP contribution in [0, 0.1) is 6.92 Å². The molecule has 56 valence electrons. The number of fused-ring (bicyclic) bond motifs is 1. The number of anilines is 1. The summed E-state index contributed by atoms with van der Waals surface area (Å²) in [6, 6.07) is 3.88. The van der Waals surface area contributed by atoms with Gasteiger partial charge in [-0.1, -0.05) is 6.07 Å². The second-order valence-electron chi connectivity index (χ2n) is 2.57. The molecule has 0 spiro atoms. The van der Waals surface area contributed by atoms with Crippen molar-refractivity contribution in [3.8, 4) is 0 Å². The van der Waals surface area contributed by atoms with Crippen LogP contribution in [0.15, 0.2) is 18.3 Å². The van der Waals surface area contributed by atoms with Crippen LogP contribution in [0.25, 0.3) is 10.9 Å². The van der Waals surface area contributed by atoms with Gasteiger partial charge in [-0.3, -0.25) is 0 Å². The summed E-state index contributed by atoms with van der Waals surface area (Å²) in [6.45, 7) is 1.97. The number of nitrogens with zero attached hydrogens (tertiary/aromatic N) is 2. The van der Waals surface area contributed by atoms with Gasteiger partial charge in [-0.05, 0) is 18.6 Å². The fourth-order valence-electron chi connectivity index (χ4n) is 1.11. The first-order valence-electron chi connectivity index (χ1n) is 3.42. The van der Waals surface area contributed by atoms with Crippen LogP contribution in [0.5, 0.6) is 0 Å². The van der Waals surface area contributed by atoms with Gasteiger partial charge >= 0.3 is 0 Å². The van der Waals surface area contributed by atoms with Crippen molar-refractivity contribution in [3.05, 3.63) is 23.9 Å². The first-order chi connectivity index (χ1) is 5.29. The van der Waals surface area contributed by atoms with Crippen molar-refractivity contribution in [1.82, 2.24) is 10.2 Å². The lowest BCUT2D eigenvalue weighted by Gasteiger charge is -2.00. The Hall–Kier alpha value is -1.51. The molecule has 0 unspecified atom stereocenters. The van der Waals surface area contributed by atoms with Gasteiger partial charge in [0.05, 0.1) is 0 Å². The predicted octanol–water partition coefficient (Wildman–Crippen LogP) is 1.08. The van der Waals surface area contributed by atoms with E-state index in [0.29, 0.717) is 0 Å². The molecule has 0 fully saturated rings. The molecule has 2 N–H and O–H groups in total. The van der Waals surface area contributed by atoms with Crippen molar-refractivity contribution in [3.63, 3.8) is 0 Å². The van der Waals surface area contributed by atoms with Crippen molar-refractivity contribution in [2.75, 3.05) is 5.73 Å². The molecule has 0 bridgehead atoms. The molecule has 0 aliphatic heterocycles. The van der Waals surface area contributed by atoms with Crippen LogP contribution in [0.4, 0.5) is 5.69 Å². The first-order valence-corrected chi connectivity index (χ1v) is 3.42. The normalized spacial score (nSPS) is 10.6. The molecule has 0 saturated heterocycles. The van der Waals surface area contributed by atoms with E-state index in [1.807, 2.05) is 19.1 Å². The van der Waals surface area contributed by atoms with Crippen molar-refractivity contribution in [2.45, 2.75) is 6.92 Å². The zero-order chi connectivity index (χ0) is 7.84. The van der Waals surface area contributed by atoms with Crippen LogP contribution in [0.2, 0.25) is 0 Å². The number of aromatic nitrogens is 2. The van der Waals surface area contributed by atoms with Gasteiger partial charge in [0.1, 0.15) is 0 Å². The Kier molecular flexibility index (Phi) is 1.12. The maximum Gasteiger partial charge on any atom is 0.0487 e. The third kappa shape index (κ3) is 0.774. The first kappa shape index (κ1) is 6.22. The maximum atomic E-state index is 5.78. The molecule has 1 aromatic heterocycles. The molecule has 0 radical (unpaired) electrons. The van der Waals surface area contributed by atoms with Gasteiger partial charge in [-0.2, -0.15) is 0 Å². The van der Waals surface area contributed by atoms with Crippen LogP contribution < -0.4 is 10.8 Å². The summed E-state index contributed by atoms with van der Waals surface area (Å²) >= 11 is 0. The van der Waals surface area contributed by atoms with Crippen LogP contribution >= 0.6 is 0 Å². The van der Waals surface area contributed by atoms with Crippen LogP contribution in [-0.4, -0.2) is 5.10 Å². The summed E-state index contributed by atoms with van der Waals surface area (Å²) in [5.74, 6) is 0. The molecule has 0 aliphatic carbocycles. The molecule has 3 heteroatoms. The highest BCUT2D eigenvalue weighted by Gasteiger charge is 1.97. The minimum atomic E-state index is 0.785. The summed E-state index contributed by atoms with van der Waals surface area (Å²) in [7, 11) is 0. The Balaban J connectivity index is 2.93. The SMILES string of the molecule is Cc1ccc2n[n-]cc2c1N. The Morgan fingerprint density at radius 2 is 2.27 bits per heavy atom. The van der Waals surface area contributed by atoms with Crippen molar-refractivity contribution < 1.29 is 0 Å². The zero-order valence-corrected chi connectivity index (χ0v) is 6.20. The number of benzene rings is 1. The van der Waals surface area contributed by atoms with E-state index in [2.05, 4.69) is 10.2 Å². The number of hydrogen-bond acceptors (Lipinski definition) is 2. The molecule has 0 atom stereocenters. The topological polar surface area (TPSA) is 53.0 Å². The summed E-state index contributed by atoms with van der Waals surface area (Å²) < 4.78 is 0. The molecule has 2 aromatic rings. The quantitative estimate of drug-likeness (QED) is 0.566. The monoisotopic (exact) mass is 146 g/mol. The van der Waals surface area contributed by atoms with E-state index in [1.54, 1.807) is 6.20 Å². The number of nitrogen functional groups attached to an aromatic ring is 1. The Morgan fingerprint density at radius 1 is 1.45 bits per heavy atom. The van der Waals surface area contributed by atoms with E-state index in [-0.39, 0.29) is 0 Å². The maximum absolute atomic E-state index is 5.78. The smallest absolute Gasteiger partial charge is 0.0487 e. The minimum absolute atomic E-state index is 0.785. The van der Waals surface area contributed by atoms with Gasteiger partial charge in [0.15, 0.2) is 0 Å². The molecule has 3 nitrogen and oxygen atoms in total. The Morgan fingerprint density at radius 3 is 3.09 bits per heavy atom. The van der Waals surface area contributed by atoms with Gasteiger partial charge in [-0.15, -0.1) is 6.20 Å². The second-order valence-corrected chi connectivity index (χ2v) is 2.57. The summed E-state index contributed by atoms with van der Waals surface area (Å²) in [5.41, 5.74) is 8.51. The fourth-order valence-corrected chi connectivity index (χ4v) is 1.11. The van der Waals surface area contributed by atoms with E-state index >= 15 is 0 Å². The standard InChI is InChI=1S/C8H8N3/c1-5-2-3-7-6(8(5)9)4-10-11-7/h2-4H,9H2,1H3/q-1. The Labute approximate surface area is 64.2 Å². The van der Waals surface area contributed by atoms with E-state index in [9.17, 15) is 0 Å². The molecule has 11 heavy (non-hydrogen) atoms. The van der Waals surface area contributed by atoms with E-state index in [1.165, 1.54) is 0 Å². The van der Waals surface area contributed by atoms with Crippen molar-refractivity contribution in [1.29, 1.82) is 0 Å². The summed E-state index contributed by atoms with van der Waals surface area (Å²) in [5, 5.41) is 8.61. The number of rotatable bonds is 0. The Bertz CT molecular complexity index is 389. The molecular weight excluding hydrogens is 138 g/mol. The van der Waals surface area contributed by atoms with E-state index in [4.69, 9.17) is 5.73 Å². The lowest BCUT2D eigenvalue weighted by Crippen LogP contribution is -1.88. The van der Waals surface area contributed by atoms with Crippen LogP contribution in [0.3, 0.4) is 0 Å². The second kappa shape index (κ2) is 1.99. The van der Waals surface area contributed by atoms with Crippen molar-refractivity contribution in [2.24, 2.45) is 0 Å². The molecule has 1 aromatic carbocycles. The van der Waals surface area contributed by atoms with Gasteiger partial charge < -0.3 is 15.9 Å². The molecule has 0 amide bonds. The highest BCUT2D eigenvalue weighted by molar-refractivity contribution is 5.91. The molecular formula is C8H8N3-. The number of hydrogen-bond donors (Lipinski definition) is 1. The third-order valence-electron chi connectivity index (χ3n) is 1.83. The average molecular weight is 146 g/mol. The van der Waals surface area contributed by atoms with E-state index < -0.39 is 0 Å². The highest BCUT2D eigenvalue weighted by Crippen LogP contribution is 2.21. The minimum Gasteiger partial charge on any atom is -0.581 e. The lowest BCUT2D eigenvalue weighted by molar-refractivity contribution is 1.09. The summed E-state index contributed by atoms with van der Waals surface area (Å²) in [6.07, 6.45) is 1.69. The summed E-state index contributed by atoms with van der Waals surface area (Å²) in [4.78, 5) is 0. The lowest BCUT2D eigenvalue weighted by atomic mass is 10.1. The fraction of sp³-hybridized carbons (Fsp3) is 0.125. The van der Waals surface area contributed by atoms with E-state index in [0.717, 1.165) is 22.2 Å².